The van der Waals surface area contributed by atoms with Gasteiger partial charge in [0.25, 0.3) is 0 Å². The Bertz CT molecular complexity index is 1090. The van der Waals surface area contributed by atoms with Crippen LogP contribution in [0.2, 0.25) is 0 Å². The zero-order valence-corrected chi connectivity index (χ0v) is 18.8. The van der Waals surface area contributed by atoms with Gasteiger partial charge in [-0.15, -0.1) is 0 Å². The predicted octanol–water partition coefficient (Wildman–Crippen LogP) is 1.88. The second-order valence-corrected chi connectivity index (χ2v) is 9.78. The third-order valence-corrected chi connectivity index (χ3v) is 7.20. The molecule has 1 heterocycles. The van der Waals surface area contributed by atoms with E-state index in [1.807, 2.05) is 31.2 Å². The highest BCUT2D eigenvalue weighted by Crippen LogP contribution is 2.25. The fourth-order valence-electron chi connectivity index (χ4n) is 3.50. The van der Waals surface area contributed by atoms with Gasteiger partial charge in [0.05, 0.1) is 23.1 Å². The Hall–Kier alpha value is -2.93. The quantitative estimate of drug-likeness (QED) is 0.735. The van der Waals surface area contributed by atoms with Gasteiger partial charge >= 0.3 is 0 Å². The molecule has 0 saturated carbocycles. The number of hydrogen-bond donors (Lipinski definition) is 1. The van der Waals surface area contributed by atoms with E-state index in [0.717, 1.165) is 41.7 Å². The lowest BCUT2D eigenvalue weighted by Crippen LogP contribution is -2.44. The van der Waals surface area contributed by atoms with Crippen molar-refractivity contribution in [1.82, 2.24) is 9.21 Å². The summed E-state index contributed by atoms with van der Waals surface area (Å²) in [6.45, 7) is 5.63. The zero-order chi connectivity index (χ0) is 22.6. The number of benzene rings is 2. The summed E-state index contributed by atoms with van der Waals surface area (Å²) in [5.41, 5.74) is 3.20. The molecule has 0 radical (unpaired) electrons. The number of nitriles is 1. The van der Waals surface area contributed by atoms with Crippen LogP contribution in [0.5, 0.6) is 0 Å². The summed E-state index contributed by atoms with van der Waals surface area (Å²) < 4.78 is 26.3. The van der Waals surface area contributed by atoms with Gasteiger partial charge in [-0.2, -0.15) is 9.57 Å². The smallest absolute Gasteiger partial charge is 0.243 e. The van der Waals surface area contributed by atoms with Crippen molar-refractivity contribution in [2.45, 2.75) is 11.8 Å². The Morgan fingerprint density at radius 2 is 1.77 bits per heavy atom. The van der Waals surface area contributed by atoms with Gasteiger partial charge in [-0.1, -0.05) is 0 Å². The molecule has 31 heavy (non-hydrogen) atoms. The molecule has 0 bridgehead atoms. The number of nitrogens with zero attached hydrogens (tertiary/aromatic N) is 4. The SMILES string of the molecule is Cc1cc(NC(=O)CN(C)S(=O)(=O)c2ccc(C#N)cc2)ccc1N1CCN(C)CC1. The van der Waals surface area contributed by atoms with Crippen LogP contribution in [0.25, 0.3) is 0 Å². The Balaban J connectivity index is 1.63. The van der Waals surface area contributed by atoms with E-state index in [-0.39, 0.29) is 11.4 Å². The van der Waals surface area contributed by atoms with E-state index >= 15 is 0 Å². The topological polar surface area (TPSA) is 96.8 Å². The molecule has 2 aromatic carbocycles. The Morgan fingerprint density at radius 1 is 1.13 bits per heavy atom. The summed E-state index contributed by atoms with van der Waals surface area (Å²) in [5, 5.41) is 11.6. The van der Waals surface area contributed by atoms with Gasteiger partial charge < -0.3 is 15.1 Å². The molecule has 3 rings (SSSR count). The van der Waals surface area contributed by atoms with Crippen molar-refractivity contribution in [1.29, 1.82) is 5.26 Å². The molecular weight excluding hydrogens is 414 g/mol. The van der Waals surface area contributed by atoms with E-state index in [0.29, 0.717) is 11.3 Å². The molecule has 2 aromatic rings. The molecule has 9 heteroatoms. The van der Waals surface area contributed by atoms with E-state index in [4.69, 9.17) is 5.26 Å². The number of hydrogen-bond acceptors (Lipinski definition) is 6. The summed E-state index contributed by atoms with van der Waals surface area (Å²) in [4.78, 5) is 17.1. The number of amides is 1. The van der Waals surface area contributed by atoms with Crippen molar-refractivity contribution in [2.24, 2.45) is 0 Å². The predicted molar refractivity (Wildman–Crippen MR) is 120 cm³/mol. The lowest BCUT2D eigenvalue weighted by Gasteiger charge is -2.35. The lowest BCUT2D eigenvalue weighted by molar-refractivity contribution is -0.116. The molecule has 0 unspecified atom stereocenters. The van der Waals surface area contributed by atoms with E-state index in [1.165, 1.54) is 31.3 Å². The molecule has 1 aliphatic rings. The second kappa shape index (κ2) is 9.47. The molecular formula is C22H27N5O3S. The highest BCUT2D eigenvalue weighted by molar-refractivity contribution is 7.89. The Labute approximate surface area is 183 Å². The maximum absolute atomic E-state index is 12.7. The zero-order valence-electron chi connectivity index (χ0n) is 18.0. The molecule has 1 fully saturated rings. The second-order valence-electron chi connectivity index (χ2n) is 7.74. The number of anilines is 2. The molecule has 0 atom stereocenters. The molecule has 1 aliphatic heterocycles. The summed E-state index contributed by atoms with van der Waals surface area (Å²) in [6.07, 6.45) is 0. The van der Waals surface area contributed by atoms with Crippen LogP contribution in [0.3, 0.4) is 0 Å². The van der Waals surface area contributed by atoms with Gasteiger partial charge in [-0.25, -0.2) is 8.42 Å². The summed E-state index contributed by atoms with van der Waals surface area (Å²) in [5.74, 6) is -0.425. The summed E-state index contributed by atoms with van der Waals surface area (Å²) >= 11 is 0. The van der Waals surface area contributed by atoms with Crippen LogP contribution in [-0.2, 0) is 14.8 Å². The molecule has 164 valence electrons. The minimum absolute atomic E-state index is 0.0363. The lowest BCUT2D eigenvalue weighted by atomic mass is 10.1. The number of carbonyl (C=O) groups is 1. The van der Waals surface area contributed by atoms with Crippen LogP contribution in [0.1, 0.15) is 11.1 Å². The molecule has 0 spiro atoms. The van der Waals surface area contributed by atoms with Crippen molar-refractivity contribution in [3.05, 3.63) is 53.6 Å². The monoisotopic (exact) mass is 441 g/mol. The fraction of sp³-hybridized carbons (Fsp3) is 0.364. The van der Waals surface area contributed by atoms with Crippen molar-refractivity contribution < 1.29 is 13.2 Å². The van der Waals surface area contributed by atoms with Gasteiger partial charge in [0.1, 0.15) is 0 Å². The van der Waals surface area contributed by atoms with Crippen molar-refractivity contribution in [3.8, 4) is 6.07 Å². The number of nitrogens with one attached hydrogen (secondary N) is 1. The summed E-state index contributed by atoms with van der Waals surface area (Å²) in [7, 11) is -0.364. The number of likely N-dealkylation sites (N-methyl/N-ethyl adjacent to an activating group) is 2. The number of rotatable bonds is 6. The number of carbonyl (C=O) groups excluding carboxylic acids is 1. The van der Waals surface area contributed by atoms with Crippen LogP contribution >= 0.6 is 0 Å². The van der Waals surface area contributed by atoms with Crippen LogP contribution < -0.4 is 10.2 Å². The molecule has 8 nitrogen and oxygen atoms in total. The average Bonchev–Trinajstić information content (AvgIpc) is 2.74. The van der Waals surface area contributed by atoms with Gasteiger partial charge in [-0.05, 0) is 62.0 Å². The highest BCUT2D eigenvalue weighted by Gasteiger charge is 2.23. The molecule has 0 aliphatic carbocycles. The number of sulfonamides is 1. The van der Waals surface area contributed by atoms with Crippen molar-refractivity contribution in [3.63, 3.8) is 0 Å². The molecule has 1 amide bonds. The first-order valence-corrected chi connectivity index (χ1v) is 11.4. The van der Waals surface area contributed by atoms with Crippen LogP contribution in [0.15, 0.2) is 47.4 Å². The van der Waals surface area contributed by atoms with E-state index < -0.39 is 15.9 Å². The maximum atomic E-state index is 12.7. The standard InChI is InChI=1S/C22H27N5O3S/c1-17-14-19(6-9-21(17)27-12-10-25(2)11-13-27)24-22(28)16-26(3)31(29,30)20-7-4-18(15-23)5-8-20/h4-9,14H,10-13,16H2,1-3H3,(H,24,28). The Morgan fingerprint density at radius 3 is 2.35 bits per heavy atom. The van der Waals surface area contributed by atoms with Gasteiger partial charge in [0.2, 0.25) is 15.9 Å². The summed E-state index contributed by atoms with van der Waals surface area (Å²) in [6, 6.07) is 13.3. The number of aryl methyl sites for hydroxylation is 1. The van der Waals surface area contributed by atoms with E-state index in [9.17, 15) is 13.2 Å². The van der Waals surface area contributed by atoms with E-state index in [2.05, 4.69) is 22.2 Å². The first kappa shape index (κ1) is 22.7. The van der Waals surface area contributed by atoms with E-state index in [1.54, 1.807) is 0 Å². The minimum Gasteiger partial charge on any atom is -0.369 e. The van der Waals surface area contributed by atoms with Gasteiger partial charge in [-0.3, -0.25) is 4.79 Å². The average molecular weight is 442 g/mol. The van der Waals surface area contributed by atoms with Crippen LogP contribution in [0.4, 0.5) is 11.4 Å². The molecule has 1 N–H and O–H groups in total. The van der Waals surface area contributed by atoms with Crippen molar-refractivity contribution in [2.75, 3.05) is 57.0 Å². The van der Waals surface area contributed by atoms with Crippen LogP contribution in [0, 0.1) is 18.3 Å². The minimum atomic E-state index is -3.83. The van der Waals surface area contributed by atoms with Gasteiger partial charge in [0, 0.05) is 44.6 Å². The first-order valence-electron chi connectivity index (χ1n) is 10.0. The molecule has 0 aromatic heterocycles. The third kappa shape index (κ3) is 5.41. The number of piperazine rings is 1. The largest absolute Gasteiger partial charge is 0.369 e. The highest BCUT2D eigenvalue weighted by atomic mass is 32.2. The first-order chi connectivity index (χ1) is 14.7. The van der Waals surface area contributed by atoms with Gasteiger partial charge in [0.15, 0.2) is 0 Å². The van der Waals surface area contributed by atoms with Crippen molar-refractivity contribution >= 4 is 27.3 Å². The fourth-order valence-corrected chi connectivity index (χ4v) is 4.63. The maximum Gasteiger partial charge on any atom is 0.243 e. The Kier molecular flexibility index (Phi) is 6.95. The third-order valence-electron chi connectivity index (χ3n) is 5.38. The van der Waals surface area contributed by atoms with Crippen LogP contribution in [-0.4, -0.2) is 70.3 Å². The molecule has 1 saturated heterocycles. The normalized spacial score (nSPS) is 15.0.